The number of likely N-dealkylation sites (N-methyl/N-ethyl adjacent to an activating group) is 1. The van der Waals surface area contributed by atoms with Crippen molar-refractivity contribution in [3.63, 3.8) is 0 Å². The zero-order valence-corrected chi connectivity index (χ0v) is 16.4. The number of hydrogen-bond donors (Lipinski definition) is 1. The molecule has 0 unspecified atom stereocenters. The number of carbonyl (C=O) groups excluding carboxylic acids is 2. The highest BCUT2D eigenvalue weighted by Gasteiger charge is 2.28. The standard InChI is InChI=1S/C22H27FN2O2/c1-5-20(22(27)24-4)25(14-17-8-10-19(23)11-9-17)21(26)13-18-12-15(2)6-7-16(18)3/h6-12,20H,5,13-14H2,1-4H3,(H,24,27)/t20-/m1/s1. The molecule has 1 atom stereocenters. The van der Waals surface area contributed by atoms with Crippen molar-refractivity contribution in [2.24, 2.45) is 0 Å². The van der Waals surface area contributed by atoms with Crippen LogP contribution in [0.25, 0.3) is 0 Å². The van der Waals surface area contributed by atoms with Crippen LogP contribution >= 0.6 is 0 Å². The topological polar surface area (TPSA) is 49.4 Å². The maximum absolute atomic E-state index is 13.2. The highest BCUT2D eigenvalue weighted by Crippen LogP contribution is 2.17. The van der Waals surface area contributed by atoms with E-state index in [1.165, 1.54) is 12.1 Å². The Morgan fingerprint density at radius 2 is 1.78 bits per heavy atom. The summed E-state index contributed by atoms with van der Waals surface area (Å²) in [5.41, 5.74) is 3.87. The van der Waals surface area contributed by atoms with E-state index in [2.05, 4.69) is 5.32 Å². The number of benzene rings is 2. The summed E-state index contributed by atoms with van der Waals surface area (Å²) in [6.45, 7) is 6.10. The number of aryl methyl sites for hydroxylation is 2. The summed E-state index contributed by atoms with van der Waals surface area (Å²) in [6, 6.07) is 11.5. The Bertz CT molecular complexity index is 802. The van der Waals surface area contributed by atoms with E-state index >= 15 is 0 Å². The van der Waals surface area contributed by atoms with E-state index in [0.29, 0.717) is 6.42 Å². The molecule has 1 N–H and O–H groups in total. The zero-order chi connectivity index (χ0) is 20.0. The lowest BCUT2D eigenvalue weighted by Gasteiger charge is -2.30. The molecule has 4 nitrogen and oxygen atoms in total. The molecular formula is C22H27FN2O2. The van der Waals surface area contributed by atoms with E-state index < -0.39 is 6.04 Å². The molecule has 2 rings (SSSR count). The second kappa shape index (κ2) is 9.31. The monoisotopic (exact) mass is 370 g/mol. The van der Waals surface area contributed by atoms with Crippen molar-refractivity contribution < 1.29 is 14.0 Å². The fourth-order valence-corrected chi connectivity index (χ4v) is 3.13. The predicted octanol–water partition coefficient (Wildman–Crippen LogP) is 3.54. The Hall–Kier alpha value is -2.69. The molecule has 0 radical (unpaired) electrons. The Balaban J connectivity index is 2.31. The molecule has 0 heterocycles. The first kappa shape index (κ1) is 20.6. The Morgan fingerprint density at radius 3 is 2.37 bits per heavy atom. The number of nitrogens with one attached hydrogen (secondary N) is 1. The molecule has 0 aromatic heterocycles. The van der Waals surface area contributed by atoms with E-state index in [4.69, 9.17) is 0 Å². The van der Waals surface area contributed by atoms with Gasteiger partial charge in [0.2, 0.25) is 11.8 Å². The van der Waals surface area contributed by atoms with Crippen LogP contribution in [-0.4, -0.2) is 29.8 Å². The second-order valence-electron chi connectivity index (χ2n) is 6.79. The third-order valence-corrected chi connectivity index (χ3v) is 4.74. The number of halogens is 1. The highest BCUT2D eigenvalue weighted by molar-refractivity contribution is 5.88. The van der Waals surface area contributed by atoms with Crippen LogP contribution in [0, 0.1) is 19.7 Å². The summed E-state index contributed by atoms with van der Waals surface area (Å²) in [6.07, 6.45) is 0.724. The second-order valence-corrected chi connectivity index (χ2v) is 6.79. The fourth-order valence-electron chi connectivity index (χ4n) is 3.13. The maximum atomic E-state index is 13.2. The molecule has 27 heavy (non-hydrogen) atoms. The molecule has 144 valence electrons. The quantitative estimate of drug-likeness (QED) is 0.810. The van der Waals surface area contributed by atoms with Gasteiger partial charge in [-0.1, -0.05) is 42.8 Å². The van der Waals surface area contributed by atoms with Gasteiger partial charge in [-0.05, 0) is 49.1 Å². The molecule has 0 saturated carbocycles. The van der Waals surface area contributed by atoms with E-state index in [1.54, 1.807) is 24.1 Å². The molecule has 0 aliphatic rings. The van der Waals surface area contributed by atoms with Crippen molar-refractivity contribution in [3.05, 3.63) is 70.5 Å². The lowest BCUT2D eigenvalue weighted by atomic mass is 10.0. The minimum absolute atomic E-state index is 0.122. The van der Waals surface area contributed by atoms with Gasteiger partial charge in [0.1, 0.15) is 11.9 Å². The smallest absolute Gasteiger partial charge is 0.242 e. The third-order valence-electron chi connectivity index (χ3n) is 4.74. The first-order valence-electron chi connectivity index (χ1n) is 9.17. The normalized spacial score (nSPS) is 11.7. The van der Waals surface area contributed by atoms with Gasteiger partial charge >= 0.3 is 0 Å². The van der Waals surface area contributed by atoms with Crippen LogP contribution in [0.3, 0.4) is 0 Å². The molecule has 0 bridgehead atoms. The molecule has 0 spiro atoms. The zero-order valence-electron chi connectivity index (χ0n) is 16.4. The van der Waals surface area contributed by atoms with Gasteiger partial charge in [0.05, 0.1) is 6.42 Å². The molecule has 0 fully saturated rings. The largest absolute Gasteiger partial charge is 0.357 e. The van der Waals surface area contributed by atoms with Crippen molar-refractivity contribution in [1.29, 1.82) is 0 Å². The van der Waals surface area contributed by atoms with Crippen LogP contribution in [0.2, 0.25) is 0 Å². The summed E-state index contributed by atoms with van der Waals surface area (Å²) >= 11 is 0. The number of hydrogen-bond acceptors (Lipinski definition) is 2. The van der Waals surface area contributed by atoms with E-state index in [-0.39, 0.29) is 30.6 Å². The maximum Gasteiger partial charge on any atom is 0.242 e. The lowest BCUT2D eigenvalue weighted by molar-refractivity contribution is -0.140. The van der Waals surface area contributed by atoms with Gasteiger partial charge in [-0.2, -0.15) is 0 Å². The fraction of sp³-hybridized carbons (Fsp3) is 0.364. The van der Waals surface area contributed by atoms with Crippen molar-refractivity contribution in [1.82, 2.24) is 10.2 Å². The molecule has 0 aliphatic carbocycles. The van der Waals surface area contributed by atoms with E-state index in [9.17, 15) is 14.0 Å². The van der Waals surface area contributed by atoms with Crippen molar-refractivity contribution in [2.75, 3.05) is 7.05 Å². The summed E-state index contributed by atoms with van der Waals surface area (Å²) in [7, 11) is 1.57. The summed E-state index contributed by atoms with van der Waals surface area (Å²) < 4.78 is 13.2. The molecule has 2 aromatic carbocycles. The van der Waals surface area contributed by atoms with Crippen LogP contribution in [0.1, 0.15) is 35.6 Å². The molecule has 2 aromatic rings. The Labute approximate surface area is 160 Å². The minimum atomic E-state index is -0.572. The number of carbonyl (C=O) groups is 2. The predicted molar refractivity (Wildman–Crippen MR) is 105 cm³/mol. The summed E-state index contributed by atoms with van der Waals surface area (Å²) in [5, 5.41) is 2.64. The molecule has 5 heteroatoms. The first-order valence-corrected chi connectivity index (χ1v) is 9.17. The van der Waals surface area contributed by atoms with E-state index in [1.807, 2.05) is 39.0 Å². The van der Waals surface area contributed by atoms with Crippen LogP contribution in [0.5, 0.6) is 0 Å². The van der Waals surface area contributed by atoms with Crippen LogP contribution in [0.15, 0.2) is 42.5 Å². The first-order chi connectivity index (χ1) is 12.8. The Morgan fingerprint density at radius 1 is 1.11 bits per heavy atom. The molecule has 0 saturated heterocycles. The van der Waals surface area contributed by atoms with Crippen molar-refractivity contribution in [2.45, 2.75) is 46.2 Å². The molecule has 0 aliphatic heterocycles. The van der Waals surface area contributed by atoms with Gasteiger partial charge in [-0.25, -0.2) is 4.39 Å². The molecule has 2 amide bonds. The minimum Gasteiger partial charge on any atom is -0.357 e. The number of amides is 2. The van der Waals surface area contributed by atoms with Gasteiger partial charge in [0.15, 0.2) is 0 Å². The lowest BCUT2D eigenvalue weighted by Crippen LogP contribution is -2.48. The average Bonchev–Trinajstić information content (AvgIpc) is 2.65. The van der Waals surface area contributed by atoms with Gasteiger partial charge < -0.3 is 10.2 Å². The summed E-state index contributed by atoms with van der Waals surface area (Å²) in [4.78, 5) is 27.1. The molecular weight excluding hydrogens is 343 g/mol. The van der Waals surface area contributed by atoms with Gasteiger partial charge in [0.25, 0.3) is 0 Å². The summed E-state index contributed by atoms with van der Waals surface area (Å²) in [5.74, 6) is -0.650. The third kappa shape index (κ3) is 5.39. The van der Waals surface area contributed by atoms with E-state index in [0.717, 1.165) is 22.3 Å². The van der Waals surface area contributed by atoms with Gasteiger partial charge in [0, 0.05) is 13.6 Å². The van der Waals surface area contributed by atoms with Crippen LogP contribution < -0.4 is 5.32 Å². The van der Waals surface area contributed by atoms with Crippen molar-refractivity contribution in [3.8, 4) is 0 Å². The van der Waals surface area contributed by atoms with Crippen LogP contribution in [-0.2, 0) is 22.6 Å². The average molecular weight is 370 g/mol. The SMILES string of the molecule is CC[C@H](C(=O)NC)N(Cc1ccc(F)cc1)C(=O)Cc1cc(C)ccc1C. The van der Waals surface area contributed by atoms with Crippen molar-refractivity contribution >= 4 is 11.8 Å². The number of rotatable bonds is 7. The van der Waals surface area contributed by atoms with Gasteiger partial charge in [-0.15, -0.1) is 0 Å². The highest BCUT2D eigenvalue weighted by atomic mass is 19.1. The van der Waals surface area contributed by atoms with Crippen LogP contribution in [0.4, 0.5) is 4.39 Å². The number of nitrogens with zero attached hydrogens (tertiary/aromatic N) is 1. The van der Waals surface area contributed by atoms with Gasteiger partial charge in [-0.3, -0.25) is 9.59 Å². The Kier molecular flexibility index (Phi) is 7.11.